The number of amides is 1. The summed E-state index contributed by atoms with van der Waals surface area (Å²) in [5, 5.41) is 10.7. The molecule has 1 fully saturated rings. The van der Waals surface area contributed by atoms with Gasteiger partial charge in [-0.1, -0.05) is 11.6 Å². The highest BCUT2D eigenvalue weighted by Gasteiger charge is 2.32. The number of pyridine rings is 1. The van der Waals surface area contributed by atoms with Gasteiger partial charge >= 0.3 is 6.18 Å². The molecule has 10 heteroatoms. The number of nitrogens with one attached hydrogen (secondary N) is 1. The second-order valence-corrected chi connectivity index (χ2v) is 6.31. The highest BCUT2D eigenvalue weighted by atomic mass is 35.5. The van der Waals surface area contributed by atoms with Gasteiger partial charge in [0.2, 0.25) is 5.91 Å². The molecule has 3 heterocycles. The van der Waals surface area contributed by atoms with E-state index in [-0.39, 0.29) is 22.7 Å². The normalized spacial score (nSPS) is 17.8. The summed E-state index contributed by atoms with van der Waals surface area (Å²) in [6, 6.07) is 5.39. The summed E-state index contributed by atoms with van der Waals surface area (Å²) >= 11 is 5.73. The van der Waals surface area contributed by atoms with Gasteiger partial charge in [0.25, 0.3) is 0 Å². The van der Waals surface area contributed by atoms with Crippen LogP contribution in [0, 0.1) is 5.92 Å². The Labute approximate surface area is 152 Å². The zero-order chi connectivity index (χ0) is 18.7. The largest absolute Gasteiger partial charge is 0.433 e. The van der Waals surface area contributed by atoms with E-state index >= 15 is 0 Å². The first kappa shape index (κ1) is 18.4. The Morgan fingerprint density at radius 3 is 2.65 bits per heavy atom. The minimum Gasteiger partial charge on any atom is -0.354 e. The molecule has 1 aliphatic heterocycles. The van der Waals surface area contributed by atoms with Crippen molar-refractivity contribution in [1.29, 1.82) is 0 Å². The number of nitrogens with zero attached hydrogens (tertiary/aromatic N) is 4. The molecule has 0 spiro atoms. The van der Waals surface area contributed by atoms with Crippen LogP contribution in [0.2, 0.25) is 5.15 Å². The molecule has 2 aromatic heterocycles. The molecule has 1 aliphatic rings. The number of piperidine rings is 1. The van der Waals surface area contributed by atoms with Gasteiger partial charge in [0.05, 0.1) is 17.8 Å². The molecule has 0 aliphatic carbocycles. The van der Waals surface area contributed by atoms with Crippen LogP contribution in [0.25, 0.3) is 0 Å². The highest BCUT2D eigenvalue weighted by molar-refractivity contribution is 6.29. The second kappa shape index (κ2) is 7.45. The lowest BCUT2D eigenvalue weighted by atomic mass is 9.97. The Morgan fingerprint density at radius 1 is 1.23 bits per heavy atom. The van der Waals surface area contributed by atoms with E-state index in [1.807, 2.05) is 4.90 Å². The number of carbonyl (C=O) groups excluding carboxylic acids is 1. The molecule has 0 bridgehead atoms. The van der Waals surface area contributed by atoms with Gasteiger partial charge in [-0.2, -0.15) is 13.2 Å². The molecule has 3 rings (SSSR count). The third-order valence-corrected chi connectivity index (χ3v) is 4.26. The second-order valence-electron chi connectivity index (χ2n) is 5.92. The van der Waals surface area contributed by atoms with Crippen molar-refractivity contribution in [1.82, 2.24) is 15.2 Å². The fraction of sp³-hybridized carbons (Fsp3) is 0.375. The molecule has 1 saturated heterocycles. The van der Waals surface area contributed by atoms with E-state index in [9.17, 15) is 18.0 Å². The van der Waals surface area contributed by atoms with Gasteiger partial charge in [0.15, 0.2) is 11.0 Å². The van der Waals surface area contributed by atoms with Crippen LogP contribution >= 0.6 is 11.6 Å². The molecular weight excluding hydrogens is 371 g/mol. The van der Waals surface area contributed by atoms with Gasteiger partial charge < -0.3 is 10.2 Å². The van der Waals surface area contributed by atoms with Crippen molar-refractivity contribution in [3.05, 3.63) is 41.3 Å². The van der Waals surface area contributed by atoms with Crippen LogP contribution in [0.1, 0.15) is 18.5 Å². The fourth-order valence-electron chi connectivity index (χ4n) is 2.76. The molecule has 2 aromatic rings. The number of hydrogen-bond donors (Lipinski definition) is 1. The maximum atomic E-state index is 12.5. The van der Waals surface area contributed by atoms with Crippen LogP contribution in [0.3, 0.4) is 0 Å². The van der Waals surface area contributed by atoms with Crippen LogP contribution < -0.4 is 10.2 Å². The first-order valence-corrected chi connectivity index (χ1v) is 8.29. The average molecular weight is 386 g/mol. The summed E-state index contributed by atoms with van der Waals surface area (Å²) in [4.78, 5) is 17.7. The van der Waals surface area contributed by atoms with Crippen LogP contribution in [-0.2, 0) is 11.0 Å². The van der Waals surface area contributed by atoms with E-state index in [2.05, 4.69) is 20.5 Å². The van der Waals surface area contributed by atoms with Crippen LogP contribution in [-0.4, -0.2) is 34.2 Å². The van der Waals surface area contributed by atoms with E-state index in [0.29, 0.717) is 18.8 Å². The van der Waals surface area contributed by atoms with Crippen LogP contribution in [0.4, 0.5) is 24.7 Å². The van der Waals surface area contributed by atoms with Crippen molar-refractivity contribution in [2.24, 2.45) is 5.92 Å². The third kappa shape index (κ3) is 4.40. The van der Waals surface area contributed by atoms with Crippen molar-refractivity contribution in [2.75, 3.05) is 23.3 Å². The Hall–Kier alpha value is -2.42. The third-order valence-electron chi connectivity index (χ3n) is 4.06. The maximum absolute atomic E-state index is 12.5. The predicted molar refractivity (Wildman–Crippen MR) is 89.8 cm³/mol. The Morgan fingerprint density at radius 2 is 2.04 bits per heavy atom. The number of halogens is 4. The van der Waals surface area contributed by atoms with Gasteiger partial charge in [-0.05, 0) is 37.1 Å². The summed E-state index contributed by atoms with van der Waals surface area (Å²) in [6.07, 6.45) is -2.04. The minimum atomic E-state index is -4.51. The van der Waals surface area contributed by atoms with Gasteiger partial charge in [-0.25, -0.2) is 4.98 Å². The molecule has 1 amide bonds. The highest BCUT2D eigenvalue weighted by Crippen LogP contribution is 2.28. The number of alkyl halides is 3. The molecule has 26 heavy (non-hydrogen) atoms. The standard InChI is InChI=1S/C16H15ClF3N5O/c17-13-5-6-14(24-23-13)25-7-1-2-10(9-25)15(26)22-11-3-4-12(21-8-11)16(18,19)20/h3-6,8,10H,1-2,7,9H2,(H,22,26). The quantitative estimate of drug-likeness (QED) is 0.876. The first-order valence-electron chi connectivity index (χ1n) is 7.91. The number of hydrogen-bond acceptors (Lipinski definition) is 5. The lowest BCUT2D eigenvalue weighted by molar-refractivity contribution is -0.141. The van der Waals surface area contributed by atoms with E-state index in [1.54, 1.807) is 12.1 Å². The molecule has 1 atom stereocenters. The number of anilines is 2. The lowest BCUT2D eigenvalue weighted by Crippen LogP contribution is -2.41. The molecule has 1 unspecified atom stereocenters. The molecule has 138 valence electrons. The van der Waals surface area contributed by atoms with Crippen molar-refractivity contribution < 1.29 is 18.0 Å². The molecule has 1 N–H and O–H groups in total. The van der Waals surface area contributed by atoms with Crippen molar-refractivity contribution in [3.63, 3.8) is 0 Å². The van der Waals surface area contributed by atoms with E-state index in [1.165, 1.54) is 6.07 Å². The molecule has 0 saturated carbocycles. The Kier molecular flexibility index (Phi) is 5.26. The summed E-state index contributed by atoms with van der Waals surface area (Å²) in [5.41, 5.74) is -0.771. The molecule has 0 radical (unpaired) electrons. The summed E-state index contributed by atoms with van der Waals surface area (Å²) in [6.45, 7) is 1.18. The minimum absolute atomic E-state index is 0.228. The average Bonchev–Trinajstić information content (AvgIpc) is 2.62. The maximum Gasteiger partial charge on any atom is 0.433 e. The summed E-state index contributed by atoms with van der Waals surface area (Å²) in [7, 11) is 0. The van der Waals surface area contributed by atoms with Gasteiger partial charge in [0, 0.05) is 13.1 Å². The summed E-state index contributed by atoms with van der Waals surface area (Å²) < 4.78 is 37.6. The monoisotopic (exact) mass is 385 g/mol. The van der Waals surface area contributed by atoms with Crippen LogP contribution in [0.15, 0.2) is 30.5 Å². The Bertz CT molecular complexity index is 767. The number of rotatable bonds is 3. The van der Waals surface area contributed by atoms with Gasteiger partial charge in [0.1, 0.15) is 5.69 Å². The first-order chi connectivity index (χ1) is 12.3. The van der Waals surface area contributed by atoms with Crippen LogP contribution in [0.5, 0.6) is 0 Å². The van der Waals surface area contributed by atoms with Gasteiger partial charge in [-0.3, -0.25) is 4.79 Å². The predicted octanol–water partition coefficient (Wildman–Crippen LogP) is 3.40. The lowest BCUT2D eigenvalue weighted by Gasteiger charge is -2.32. The topological polar surface area (TPSA) is 71.0 Å². The fourth-order valence-corrected chi connectivity index (χ4v) is 2.86. The molecule has 0 aromatic carbocycles. The number of carbonyl (C=O) groups is 1. The van der Waals surface area contributed by atoms with Gasteiger partial charge in [-0.15, -0.1) is 10.2 Å². The van der Waals surface area contributed by atoms with E-state index < -0.39 is 11.9 Å². The van der Waals surface area contributed by atoms with Crippen molar-refractivity contribution in [2.45, 2.75) is 19.0 Å². The zero-order valence-corrected chi connectivity index (χ0v) is 14.3. The zero-order valence-electron chi connectivity index (χ0n) is 13.5. The van der Waals surface area contributed by atoms with Crippen molar-refractivity contribution >= 4 is 29.0 Å². The van der Waals surface area contributed by atoms with Crippen molar-refractivity contribution in [3.8, 4) is 0 Å². The SMILES string of the molecule is O=C(Nc1ccc(C(F)(F)F)nc1)C1CCCN(c2ccc(Cl)nn2)C1. The molecule has 6 nitrogen and oxygen atoms in total. The summed E-state index contributed by atoms with van der Waals surface area (Å²) in [5.74, 6) is 0.0461. The number of aromatic nitrogens is 3. The smallest absolute Gasteiger partial charge is 0.354 e. The van der Waals surface area contributed by atoms with E-state index in [4.69, 9.17) is 11.6 Å². The van der Waals surface area contributed by atoms with E-state index in [0.717, 1.165) is 25.2 Å². The molecular formula is C16H15ClF3N5O. The Balaban J connectivity index is 1.63.